The number of allylic oxidation sites excluding steroid dienone is 1. The van der Waals surface area contributed by atoms with E-state index in [1.807, 2.05) is 44.2 Å². The predicted molar refractivity (Wildman–Crippen MR) is 69.5 cm³/mol. The number of hydrogen-bond acceptors (Lipinski definition) is 3. The molecule has 3 heteroatoms. The number of carbonyl (C=O) groups excluding carboxylic acids is 1. The Morgan fingerprint density at radius 3 is 2.47 bits per heavy atom. The van der Waals surface area contributed by atoms with Crippen LogP contribution in [0.3, 0.4) is 0 Å². The number of oxime groups is 1. The van der Waals surface area contributed by atoms with Crippen LogP contribution in [0.15, 0.2) is 42.1 Å². The van der Waals surface area contributed by atoms with Gasteiger partial charge in [0.15, 0.2) is 0 Å². The highest BCUT2D eigenvalue weighted by Crippen LogP contribution is 2.31. The van der Waals surface area contributed by atoms with Crippen molar-refractivity contribution in [2.24, 2.45) is 10.6 Å². The lowest BCUT2D eigenvalue weighted by atomic mass is 9.82. The van der Waals surface area contributed by atoms with Gasteiger partial charge in [-0.05, 0) is 11.1 Å². The maximum Gasteiger partial charge on any atom is 0.331 e. The molecule has 1 aromatic carbocycles. The monoisotopic (exact) mass is 231 g/mol. The van der Waals surface area contributed by atoms with Crippen molar-refractivity contribution in [2.75, 3.05) is 0 Å². The highest BCUT2D eigenvalue weighted by molar-refractivity contribution is 5.85. The van der Waals surface area contributed by atoms with Gasteiger partial charge in [-0.15, -0.1) is 0 Å². The maximum absolute atomic E-state index is 10.6. The quantitative estimate of drug-likeness (QED) is 0.453. The van der Waals surface area contributed by atoms with Crippen LogP contribution in [0, 0.1) is 5.41 Å². The second-order valence-electron chi connectivity index (χ2n) is 4.38. The molecule has 0 bridgehead atoms. The van der Waals surface area contributed by atoms with Gasteiger partial charge in [-0.2, -0.15) is 0 Å². The second kappa shape index (κ2) is 5.43. The van der Waals surface area contributed by atoms with Crippen molar-refractivity contribution in [1.82, 2.24) is 0 Å². The van der Waals surface area contributed by atoms with Crippen LogP contribution in [0.5, 0.6) is 0 Å². The van der Waals surface area contributed by atoms with Gasteiger partial charge in [0.2, 0.25) is 0 Å². The van der Waals surface area contributed by atoms with Gasteiger partial charge in [0, 0.05) is 12.3 Å². The molecule has 0 heterocycles. The normalized spacial score (nSPS) is 11.5. The molecule has 0 N–H and O–H groups in total. The third-order valence-corrected chi connectivity index (χ3v) is 2.46. The van der Waals surface area contributed by atoms with E-state index in [-0.39, 0.29) is 5.41 Å². The summed E-state index contributed by atoms with van der Waals surface area (Å²) in [5.74, 6) is -0.428. The Balaban J connectivity index is 2.80. The summed E-state index contributed by atoms with van der Waals surface area (Å²) >= 11 is 0. The number of benzene rings is 1. The molecule has 0 saturated heterocycles. The smallest absolute Gasteiger partial charge is 0.319 e. The van der Waals surface area contributed by atoms with Crippen LogP contribution in [0.1, 0.15) is 26.3 Å². The first kappa shape index (κ1) is 13.2. The number of hydrogen-bond donors (Lipinski definition) is 0. The predicted octanol–water partition coefficient (Wildman–Crippen LogP) is 3.27. The van der Waals surface area contributed by atoms with E-state index in [4.69, 9.17) is 0 Å². The van der Waals surface area contributed by atoms with E-state index >= 15 is 0 Å². The molecular formula is C14H17NO2. The molecule has 90 valence electrons. The van der Waals surface area contributed by atoms with Crippen LogP contribution in [0.4, 0.5) is 0 Å². The zero-order chi connectivity index (χ0) is 12.9. The Kier molecular flexibility index (Phi) is 4.21. The summed E-state index contributed by atoms with van der Waals surface area (Å²) in [6.45, 7) is 9.31. The van der Waals surface area contributed by atoms with Crippen molar-refractivity contribution < 1.29 is 9.63 Å². The molecule has 0 unspecified atom stereocenters. The molecule has 0 amide bonds. The van der Waals surface area contributed by atoms with E-state index in [9.17, 15) is 4.79 Å². The Morgan fingerprint density at radius 2 is 1.94 bits per heavy atom. The maximum atomic E-state index is 10.6. The van der Waals surface area contributed by atoms with Crippen molar-refractivity contribution >= 4 is 17.8 Å². The van der Waals surface area contributed by atoms with Crippen LogP contribution in [-0.4, -0.2) is 12.2 Å². The van der Waals surface area contributed by atoms with Crippen LogP contribution >= 0.6 is 0 Å². The average molecular weight is 231 g/mol. The first-order chi connectivity index (χ1) is 7.93. The van der Waals surface area contributed by atoms with Gasteiger partial charge in [0.25, 0.3) is 0 Å². The Hall–Kier alpha value is -1.90. The minimum absolute atomic E-state index is 0.364. The summed E-state index contributed by atoms with van der Waals surface area (Å²) in [4.78, 5) is 15.2. The van der Waals surface area contributed by atoms with Gasteiger partial charge in [-0.25, -0.2) is 4.79 Å². The van der Waals surface area contributed by atoms with Gasteiger partial charge >= 0.3 is 5.97 Å². The third kappa shape index (κ3) is 3.87. The molecule has 3 nitrogen and oxygen atoms in total. The van der Waals surface area contributed by atoms with Crippen molar-refractivity contribution in [3.05, 3.63) is 42.5 Å². The summed E-state index contributed by atoms with van der Waals surface area (Å²) in [6, 6.07) is 9.85. The molecule has 0 aromatic heterocycles. The molecule has 0 saturated carbocycles. The Labute approximate surface area is 102 Å². The molecule has 1 aromatic rings. The van der Waals surface area contributed by atoms with E-state index in [2.05, 4.69) is 16.6 Å². The highest BCUT2D eigenvalue weighted by Gasteiger charge is 2.21. The minimum Gasteiger partial charge on any atom is -0.319 e. The molecule has 0 aliphatic rings. The fourth-order valence-electron chi connectivity index (χ4n) is 1.32. The molecule has 0 aliphatic carbocycles. The standard InChI is InChI=1S/C14H17NO2/c1-11(13-8-6-5-7-9-13)14(3,4)10-15-17-12(2)16/h5-10H,1H2,2-4H3/b15-10+. The second-order valence-corrected chi connectivity index (χ2v) is 4.38. The lowest BCUT2D eigenvalue weighted by Gasteiger charge is -2.22. The highest BCUT2D eigenvalue weighted by atomic mass is 16.7. The van der Waals surface area contributed by atoms with Crippen molar-refractivity contribution in [2.45, 2.75) is 20.8 Å². The van der Waals surface area contributed by atoms with E-state index in [0.717, 1.165) is 11.1 Å². The average Bonchev–Trinajstić information content (AvgIpc) is 2.28. The van der Waals surface area contributed by atoms with Gasteiger partial charge in [0.05, 0.1) is 6.21 Å². The summed E-state index contributed by atoms with van der Waals surface area (Å²) in [6.07, 6.45) is 1.59. The van der Waals surface area contributed by atoms with E-state index < -0.39 is 5.97 Å². The zero-order valence-electron chi connectivity index (χ0n) is 10.4. The van der Waals surface area contributed by atoms with Crippen molar-refractivity contribution in [3.63, 3.8) is 0 Å². The van der Waals surface area contributed by atoms with Crippen LogP contribution in [-0.2, 0) is 9.63 Å². The van der Waals surface area contributed by atoms with Gasteiger partial charge in [-0.3, -0.25) is 0 Å². The van der Waals surface area contributed by atoms with Crippen LogP contribution in [0.25, 0.3) is 5.57 Å². The van der Waals surface area contributed by atoms with Crippen molar-refractivity contribution in [3.8, 4) is 0 Å². The molecule has 0 aliphatic heterocycles. The number of nitrogens with zero attached hydrogens (tertiary/aromatic N) is 1. The summed E-state index contributed by atoms with van der Waals surface area (Å²) in [5.41, 5.74) is 1.61. The Morgan fingerprint density at radius 1 is 1.35 bits per heavy atom. The van der Waals surface area contributed by atoms with Crippen molar-refractivity contribution in [1.29, 1.82) is 0 Å². The SMILES string of the molecule is C=C(c1ccccc1)C(C)(C)/C=N/OC(C)=O. The summed E-state index contributed by atoms with van der Waals surface area (Å²) < 4.78 is 0. The fraction of sp³-hybridized carbons (Fsp3) is 0.286. The minimum atomic E-state index is -0.428. The summed E-state index contributed by atoms with van der Waals surface area (Å²) in [7, 11) is 0. The number of carbonyl (C=O) groups is 1. The fourth-order valence-corrected chi connectivity index (χ4v) is 1.32. The molecular weight excluding hydrogens is 214 g/mol. The largest absolute Gasteiger partial charge is 0.331 e. The lowest BCUT2D eigenvalue weighted by Crippen LogP contribution is -2.15. The zero-order valence-corrected chi connectivity index (χ0v) is 10.4. The Bertz CT molecular complexity index is 433. The van der Waals surface area contributed by atoms with E-state index in [0.29, 0.717) is 0 Å². The topological polar surface area (TPSA) is 38.7 Å². The van der Waals surface area contributed by atoms with Gasteiger partial charge in [0.1, 0.15) is 0 Å². The third-order valence-electron chi connectivity index (χ3n) is 2.46. The van der Waals surface area contributed by atoms with Crippen LogP contribution in [0.2, 0.25) is 0 Å². The molecule has 0 fully saturated rings. The molecule has 0 radical (unpaired) electrons. The molecule has 0 spiro atoms. The summed E-state index contributed by atoms with van der Waals surface area (Å²) in [5, 5.41) is 3.65. The lowest BCUT2D eigenvalue weighted by molar-refractivity contribution is -0.140. The van der Waals surface area contributed by atoms with Gasteiger partial charge in [-0.1, -0.05) is 55.9 Å². The molecule has 17 heavy (non-hydrogen) atoms. The molecule has 1 rings (SSSR count). The first-order valence-corrected chi connectivity index (χ1v) is 5.40. The first-order valence-electron chi connectivity index (χ1n) is 5.40. The van der Waals surface area contributed by atoms with Crippen LogP contribution < -0.4 is 0 Å². The molecule has 0 atom stereocenters. The van der Waals surface area contributed by atoms with Gasteiger partial charge < -0.3 is 4.84 Å². The van der Waals surface area contributed by atoms with E-state index in [1.165, 1.54) is 6.92 Å². The van der Waals surface area contributed by atoms with E-state index in [1.54, 1.807) is 6.21 Å². The number of rotatable bonds is 4.